The lowest BCUT2D eigenvalue weighted by Gasteiger charge is -2.39. The van der Waals surface area contributed by atoms with Gasteiger partial charge in [-0.25, -0.2) is 0 Å². The van der Waals surface area contributed by atoms with Crippen molar-refractivity contribution in [2.75, 3.05) is 5.32 Å². The van der Waals surface area contributed by atoms with Crippen LogP contribution in [0.15, 0.2) is 83.8 Å². The zero-order valence-corrected chi connectivity index (χ0v) is 23.9. The molecule has 1 aliphatic heterocycles. The fraction of sp³-hybridized carbons (Fsp3) is 0.324. The first-order chi connectivity index (χ1) is 19.0. The van der Waals surface area contributed by atoms with E-state index in [9.17, 15) is 4.79 Å². The molecule has 3 atom stereocenters. The van der Waals surface area contributed by atoms with E-state index in [0.717, 1.165) is 29.1 Å². The normalized spacial score (nSPS) is 22.6. The highest BCUT2D eigenvalue weighted by Gasteiger charge is 2.43. The second-order valence-corrected chi connectivity index (χ2v) is 12.2. The van der Waals surface area contributed by atoms with E-state index in [1.165, 1.54) is 47.0 Å². The Hall–Kier alpha value is -3.44. The van der Waals surface area contributed by atoms with Crippen LogP contribution in [0.4, 0.5) is 5.69 Å². The van der Waals surface area contributed by atoms with Crippen LogP contribution >= 0.6 is 11.8 Å². The van der Waals surface area contributed by atoms with E-state index < -0.39 is 0 Å². The third-order valence-electron chi connectivity index (χ3n) is 8.40. The Bertz CT molecular complexity index is 1520. The number of benzene rings is 3. The zero-order chi connectivity index (χ0) is 26.9. The Morgan fingerprint density at radius 1 is 0.949 bits per heavy atom. The number of hydrogen-bond donors (Lipinski definition) is 1. The fourth-order valence-corrected chi connectivity index (χ4v) is 7.53. The number of carbonyl (C=O) groups excluding carboxylic acids is 1. The van der Waals surface area contributed by atoms with E-state index in [0.29, 0.717) is 5.92 Å². The summed E-state index contributed by atoms with van der Waals surface area (Å²) in [5, 5.41) is 4.87. The number of fused-ring (bicyclic) bond motifs is 1. The second-order valence-electron chi connectivity index (χ2n) is 11.1. The predicted molar refractivity (Wildman–Crippen MR) is 165 cm³/mol. The molecule has 39 heavy (non-hydrogen) atoms. The maximum Gasteiger partial charge on any atom is 0.262 e. The van der Waals surface area contributed by atoms with Crippen LogP contribution in [0.25, 0.3) is 17.0 Å². The number of nitrogens with zero attached hydrogens (tertiary/aromatic N) is 2. The van der Waals surface area contributed by atoms with Crippen molar-refractivity contribution >= 4 is 40.3 Å². The van der Waals surface area contributed by atoms with Crippen molar-refractivity contribution in [1.29, 1.82) is 0 Å². The Morgan fingerprint density at radius 3 is 2.51 bits per heavy atom. The molecule has 200 valence electrons. The van der Waals surface area contributed by atoms with Gasteiger partial charge < -0.3 is 14.8 Å². The second kappa shape index (κ2) is 11.0. The molecule has 0 radical (unpaired) electrons. The molecule has 0 spiro atoms. The summed E-state index contributed by atoms with van der Waals surface area (Å²) in [4.78, 5) is 17.1. The molecule has 6 rings (SSSR count). The molecule has 4 aromatic rings. The van der Waals surface area contributed by atoms with Gasteiger partial charge in [-0.05, 0) is 62.4 Å². The summed E-state index contributed by atoms with van der Waals surface area (Å²) in [5.41, 5.74) is 7.03. The average Bonchev–Trinajstić information content (AvgIpc) is 3.38. The van der Waals surface area contributed by atoms with Gasteiger partial charge in [0.25, 0.3) is 5.91 Å². The number of amides is 1. The number of rotatable bonds is 6. The van der Waals surface area contributed by atoms with Crippen molar-refractivity contribution in [2.24, 2.45) is 5.92 Å². The van der Waals surface area contributed by atoms with E-state index in [-0.39, 0.29) is 17.4 Å². The molecule has 2 aliphatic rings. The van der Waals surface area contributed by atoms with Gasteiger partial charge in [0.2, 0.25) is 0 Å². The highest BCUT2D eigenvalue weighted by molar-refractivity contribution is 8.05. The van der Waals surface area contributed by atoms with Gasteiger partial charge in [-0.1, -0.05) is 97.8 Å². The van der Waals surface area contributed by atoms with Crippen LogP contribution in [0.2, 0.25) is 0 Å². The lowest BCUT2D eigenvalue weighted by atomic mass is 9.85. The van der Waals surface area contributed by atoms with Crippen molar-refractivity contribution in [3.63, 3.8) is 0 Å². The van der Waals surface area contributed by atoms with Gasteiger partial charge in [0, 0.05) is 40.4 Å². The molecular formula is C34H37N3OS. The van der Waals surface area contributed by atoms with Crippen LogP contribution in [0.1, 0.15) is 55.0 Å². The highest BCUT2D eigenvalue weighted by atomic mass is 32.2. The topological polar surface area (TPSA) is 37.3 Å². The summed E-state index contributed by atoms with van der Waals surface area (Å²) < 4.78 is 2.39. The Balaban J connectivity index is 1.39. The molecule has 1 N–H and O–H groups in total. The Labute approximate surface area is 236 Å². The third kappa shape index (κ3) is 5.12. The first kappa shape index (κ1) is 25.8. The fourth-order valence-electron chi connectivity index (χ4n) is 6.34. The molecule has 1 amide bonds. The monoisotopic (exact) mass is 535 g/mol. The third-order valence-corrected chi connectivity index (χ3v) is 9.52. The summed E-state index contributed by atoms with van der Waals surface area (Å²) >= 11 is 1.66. The van der Waals surface area contributed by atoms with Crippen LogP contribution < -0.4 is 5.32 Å². The van der Waals surface area contributed by atoms with E-state index in [1.54, 1.807) is 11.8 Å². The number of aryl methyl sites for hydroxylation is 1. The predicted octanol–water partition coefficient (Wildman–Crippen LogP) is 8.20. The molecule has 2 heterocycles. The van der Waals surface area contributed by atoms with Crippen LogP contribution in [-0.2, 0) is 11.3 Å². The lowest BCUT2D eigenvalue weighted by molar-refractivity contribution is -0.129. The number of aromatic nitrogens is 1. The van der Waals surface area contributed by atoms with Crippen molar-refractivity contribution in [3.05, 3.63) is 106 Å². The number of nitrogens with one attached hydrogen (secondary N) is 1. The van der Waals surface area contributed by atoms with Crippen LogP contribution in [0.5, 0.6) is 0 Å². The van der Waals surface area contributed by atoms with E-state index in [2.05, 4.69) is 102 Å². The van der Waals surface area contributed by atoms with Gasteiger partial charge >= 0.3 is 0 Å². The molecule has 1 saturated heterocycles. The largest absolute Gasteiger partial charge is 0.356 e. The van der Waals surface area contributed by atoms with E-state index >= 15 is 0 Å². The molecule has 5 heteroatoms. The van der Waals surface area contributed by atoms with Gasteiger partial charge in [-0.15, -0.1) is 0 Å². The molecular weight excluding hydrogens is 498 g/mol. The molecule has 1 aromatic heterocycles. The van der Waals surface area contributed by atoms with Gasteiger partial charge in [-0.3, -0.25) is 4.79 Å². The number of anilines is 1. The number of thioether (sulfide) groups is 1. The minimum absolute atomic E-state index is 0.113. The van der Waals surface area contributed by atoms with Crippen LogP contribution in [0.3, 0.4) is 0 Å². The molecule has 2 fully saturated rings. The molecule has 4 nitrogen and oxygen atoms in total. The average molecular weight is 536 g/mol. The first-order valence-electron chi connectivity index (χ1n) is 14.2. The quantitative estimate of drug-likeness (QED) is 0.253. The van der Waals surface area contributed by atoms with Gasteiger partial charge in [-0.2, -0.15) is 0 Å². The highest BCUT2D eigenvalue weighted by Crippen LogP contribution is 2.43. The summed E-state index contributed by atoms with van der Waals surface area (Å²) in [6.07, 6.45) is 6.85. The maximum absolute atomic E-state index is 14.1. The van der Waals surface area contributed by atoms with Crippen molar-refractivity contribution in [2.45, 2.75) is 64.5 Å². The molecule has 0 bridgehead atoms. The van der Waals surface area contributed by atoms with E-state index in [1.807, 2.05) is 18.2 Å². The Morgan fingerprint density at radius 2 is 1.72 bits per heavy atom. The van der Waals surface area contributed by atoms with E-state index in [4.69, 9.17) is 0 Å². The standard InChI is InChI=1S/C34H37N3OS/c1-23-12-11-14-26(20-23)22-36-25(3)29(28-17-8-10-19-31(28)36)21-32-33(38)37(30-18-9-7-13-24(30)2)34(39-32)35-27-15-5-4-6-16-27/h4-6,8,10-12,14-17,19-21,24,30,34-35H,7,9,13,18,22H2,1-3H3/b32-21-/t24-,30-,34?/m1/s1. The number of carbonyl (C=O) groups is 1. The first-order valence-corrected chi connectivity index (χ1v) is 15.0. The zero-order valence-electron chi connectivity index (χ0n) is 23.1. The summed E-state index contributed by atoms with van der Waals surface area (Å²) in [6, 6.07) is 27.8. The molecule has 3 aromatic carbocycles. The van der Waals surface area contributed by atoms with Crippen LogP contribution in [0, 0.1) is 19.8 Å². The van der Waals surface area contributed by atoms with Crippen molar-refractivity contribution in [3.8, 4) is 0 Å². The summed E-state index contributed by atoms with van der Waals surface area (Å²) in [7, 11) is 0. The van der Waals surface area contributed by atoms with Gasteiger partial charge in [0.15, 0.2) is 5.50 Å². The Kier molecular flexibility index (Phi) is 7.26. The maximum atomic E-state index is 14.1. The number of para-hydroxylation sites is 2. The van der Waals surface area contributed by atoms with Gasteiger partial charge in [0.05, 0.1) is 4.91 Å². The van der Waals surface area contributed by atoms with Crippen molar-refractivity contribution in [1.82, 2.24) is 9.47 Å². The lowest BCUT2D eigenvalue weighted by Crippen LogP contribution is -2.48. The minimum atomic E-state index is -0.113. The van der Waals surface area contributed by atoms with Gasteiger partial charge in [0.1, 0.15) is 0 Å². The SMILES string of the molecule is Cc1cccc(Cn2c(C)c(/C=C3\SC(Nc4ccccc4)N([C@@H]4CCCC[C@H]4C)C3=O)c3ccccc32)c1. The van der Waals surface area contributed by atoms with Crippen LogP contribution in [-0.4, -0.2) is 26.9 Å². The molecule has 1 aliphatic carbocycles. The smallest absolute Gasteiger partial charge is 0.262 e. The molecule has 1 saturated carbocycles. The minimum Gasteiger partial charge on any atom is -0.356 e. The van der Waals surface area contributed by atoms with Crippen molar-refractivity contribution < 1.29 is 4.79 Å². The summed E-state index contributed by atoms with van der Waals surface area (Å²) in [5.74, 6) is 0.655. The molecule has 1 unspecified atom stereocenters. The number of hydrogen-bond acceptors (Lipinski definition) is 3. The summed E-state index contributed by atoms with van der Waals surface area (Å²) in [6.45, 7) is 7.45.